The smallest absolute Gasteiger partial charge is 0.313 e. The van der Waals surface area contributed by atoms with Gasteiger partial charge >= 0.3 is 5.97 Å². The van der Waals surface area contributed by atoms with Crippen LogP contribution in [0.2, 0.25) is 0 Å². The van der Waals surface area contributed by atoms with Crippen molar-refractivity contribution < 1.29 is 24.2 Å². The summed E-state index contributed by atoms with van der Waals surface area (Å²) in [7, 11) is 0. The van der Waals surface area contributed by atoms with Gasteiger partial charge in [0.15, 0.2) is 5.78 Å². The Morgan fingerprint density at radius 3 is 2.33 bits per heavy atom. The Hall–Kier alpha value is -1.65. The molecule has 36 heavy (non-hydrogen) atoms. The van der Waals surface area contributed by atoms with Gasteiger partial charge in [0.1, 0.15) is 11.5 Å². The summed E-state index contributed by atoms with van der Waals surface area (Å²) >= 11 is 0. The van der Waals surface area contributed by atoms with Gasteiger partial charge in [0.2, 0.25) is 0 Å². The summed E-state index contributed by atoms with van der Waals surface area (Å²) in [6.07, 6.45) is 8.97. The van der Waals surface area contributed by atoms with Crippen LogP contribution < -0.4 is 0 Å². The molecule has 0 aromatic rings. The number of carboxylic acid groups (broad SMARTS) is 1. The Bertz CT molecular complexity index is 1020. The molecule has 0 aliphatic heterocycles. The highest BCUT2D eigenvalue weighted by Gasteiger charge is 2.72. The standard InChI is InChI=1S/C31H46O5/c1-18-8-11-27(3)14-15-29(5)20(24(27)19(18)2)16-21(33)25-28(4)12-10-23(36-17-32)31(7,26(34)35)22(28)9-13-30(25,29)6/h16-19,22-25H,8-15H2,1-7H3,(H,34,35)/t18-,19+,22-,23-,24+,25-,27-,28+,29-,30-,31-/m1/s1. The minimum atomic E-state index is -1.20. The van der Waals surface area contributed by atoms with Crippen molar-refractivity contribution in [2.75, 3.05) is 0 Å². The summed E-state index contributed by atoms with van der Waals surface area (Å²) in [6, 6.07) is 0. The number of hydrogen-bond donors (Lipinski definition) is 1. The summed E-state index contributed by atoms with van der Waals surface area (Å²) in [5, 5.41) is 10.4. The lowest BCUT2D eigenvalue weighted by atomic mass is 9.33. The molecule has 5 aliphatic rings. The van der Waals surface area contributed by atoms with E-state index in [1.54, 1.807) is 6.92 Å². The van der Waals surface area contributed by atoms with Gasteiger partial charge in [-0.05, 0) is 110 Å². The molecule has 0 heterocycles. The summed E-state index contributed by atoms with van der Waals surface area (Å²) in [5.41, 5.74) is -0.256. The number of carboxylic acids is 1. The first-order chi connectivity index (χ1) is 16.7. The third-order valence-electron chi connectivity index (χ3n) is 13.4. The predicted octanol–water partition coefficient (Wildman–Crippen LogP) is 6.45. The number of rotatable bonds is 3. The molecule has 4 saturated carbocycles. The lowest BCUT2D eigenvalue weighted by Crippen LogP contribution is -2.68. The first-order valence-electron chi connectivity index (χ1n) is 14.3. The van der Waals surface area contributed by atoms with E-state index in [-0.39, 0.29) is 33.9 Å². The molecule has 5 heteroatoms. The second kappa shape index (κ2) is 7.93. The van der Waals surface area contributed by atoms with E-state index in [4.69, 9.17) is 4.74 Å². The predicted molar refractivity (Wildman–Crippen MR) is 138 cm³/mol. The SMILES string of the molecule is C[C@H]1[C@H](C)CC[C@]2(C)CC[C@]3(C)C(=CC(=O)[C@@H]4[C@@]5(C)CC[C@@H](OC=O)[C@](C)(C(=O)O)[C@@H]5CC[C@]43C)[C@H]12. The summed E-state index contributed by atoms with van der Waals surface area (Å²) < 4.78 is 5.38. The largest absolute Gasteiger partial charge is 0.481 e. The van der Waals surface area contributed by atoms with E-state index in [2.05, 4.69) is 47.6 Å². The van der Waals surface area contributed by atoms with Crippen LogP contribution in [0.1, 0.15) is 99.8 Å². The number of hydrogen-bond acceptors (Lipinski definition) is 4. The zero-order valence-electron chi connectivity index (χ0n) is 23.4. The van der Waals surface area contributed by atoms with Crippen LogP contribution in [0, 0.1) is 56.7 Å². The first-order valence-corrected chi connectivity index (χ1v) is 14.3. The summed E-state index contributed by atoms with van der Waals surface area (Å²) in [4.78, 5) is 38.3. The quantitative estimate of drug-likeness (QED) is 0.452. The normalized spacial score (nSPS) is 54.2. The van der Waals surface area contributed by atoms with Gasteiger partial charge in [-0.3, -0.25) is 14.4 Å². The van der Waals surface area contributed by atoms with Crippen LogP contribution in [0.15, 0.2) is 11.6 Å². The third kappa shape index (κ3) is 2.98. The number of aliphatic carboxylic acids is 1. The van der Waals surface area contributed by atoms with Gasteiger partial charge in [-0.1, -0.05) is 47.1 Å². The molecule has 0 aromatic carbocycles. The van der Waals surface area contributed by atoms with Crippen LogP contribution in [0.3, 0.4) is 0 Å². The summed E-state index contributed by atoms with van der Waals surface area (Å²) in [5.74, 6) is 0.518. The van der Waals surface area contributed by atoms with Gasteiger partial charge < -0.3 is 9.84 Å². The Labute approximate surface area is 216 Å². The first kappa shape index (κ1) is 26.0. The molecule has 4 fully saturated rings. The van der Waals surface area contributed by atoms with Crippen molar-refractivity contribution in [3.05, 3.63) is 11.6 Å². The fraction of sp³-hybridized carbons (Fsp3) is 0.839. The van der Waals surface area contributed by atoms with E-state index in [1.807, 2.05) is 0 Å². The van der Waals surface area contributed by atoms with Gasteiger partial charge in [-0.15, -0.1) is 0 Å². The zero-order chi connectivity index (χ0) is 26.5. The van der Waals surface area contributed by atoms with Gasteiger partial charge in [0, 0.05) is 5.92 Å². The Morgan fingerprint density at radius 2 is 1.69 bits per heavy atom. The van der Waals surface area contributed by atoms with Crippen molar-refractivity contribution in [3.8, 4) is 0 Å². The second-order valence-electron chi connectivity index (χ2n) is 14.6. The molecule has 0 spiro atoms. The fourth-order valence-electron chi connectivity index (χ4n) is 10.9. The van der Waals surface area contributed by atoms with Crippen LogP contribution in [0.5, 0.6) is 0 Å². The minimum Gasteiger partial charge on any atom is -0.481 e. The molecule has 0 unspecified atom stereocenters. The highest BCUT2D eigenvalue weighted by molar-refractivity contribution is 5.96. The molecule has 0 radical (unpaired) electrons. The van der Waals surface area contributed by atoms with Crippen LogP contribution in [-0.4, -0.2) is 29.4 Å². The van der Waals surface area contributed by atoms with Gasteiger partial charge in [-0.25, -0.2) is 0 Å². The van der Waals surface area contributed by atoms with Crippen molar-refractivity contribution in [2.24, 2.45) is 56.7 Å². The van der Waals surface area contributed by atoms with Crippen molar-refractivity contribution in [3.63, 3.8) is 0 Å². The van der Waals surface area contributed by atoms with E-state index in [1.165, 1.54) is 24.8 Å². The average molecular weight is 499 g/mol. The number of fused-ring (bicyclic) bond motifs is 7. The number of allylic oxidation sites excluding steroid dienone is 2. The Morgan fingerprint density at radius 1 is 1.00 bits per heavy atom. The van der Waals surface area contributed by atoms with E-state index in [0.29, 0.717) is 37.1 Å². The van der Waals surface area contributed by atoms with Gasteiger partial charge in [-0.2, -0.15) is 0 Å². The highest BCUT2D eigenvalue weighted by atomic mass is 16.5. The minimum absolute atomic E-state index is 0.0647. The molecule has 1 N–H and O–H groups in total. The maximum Gasteiger partial charge on any atom is 0.313 e. The van der Waals surface area contributed by atoms with E-state index in [9.17, 15) is 19.5 Å². The molecular weight excluding hydrogens is 452 g/mol. The van der Waals surface area contributed by atoms with Crippen molar-refractivity contribution >= 4 is 18.2 Å². The van der Waals surface area contributed by atoms with Crippen LogP contribution >= 0.6 is 0 Å². The van der Waals surface area contributed by atoms with Gasteiger partial charge in [0.25, 0.3) is 6.47 Å². The number of ketones is 1. The molecule has 5 rings (SSSR count). The van der Waals surface area contributed by atoms with Crippen LogP contribution in [-0.2, 0) is 19.1 Å². The number of ether oxygens (including phenoxy) is 1. The monoisotopic (exact) mass is 498 g/mol. The number of carbonyl (C=O) groups is 3. The lowest BCUT2D eigenvalue weighted by Gasteiger charge is -2.70. The van der Waals surface area contributed by atoms with E-state index < -0.39 is 22.9 Å². The molecule has 5 nitrogen and oxygen atoms in total. The maximum absolute atomic E-state index is 14.3. The highest BCUT2D eigenvalue weighted by Crippen LogP contribution is 2.75. The maximum atomic E-state index is 14.3. The average Bonchev–Trinajstić information content (AvgIpc) is 2.80. The van der Waals surface area contributed by atoms with Crippen LogP contribution in [0.4, 0.5) is 0 Å². The van der Waals surface area contributed by atoms with E-state index >= 15 is 0 Å². The zero-order valence-corrected chi connectivity index (χ0v) is 23.4. The molecule has 0 amide bonds. The second-order valence-corrected chi connectivity index (χ2v) is 14.6. The topological polar surface area (TPSA) is 80.7 Å². The molecule has 11 atom stereocenters. The molecule has 5 aliphatic carbocycles. The van der Waals surface area contributed by atoms with Crippen molar-refractivity contribution in [2.45, 2.75) is 106 Å². The fourth-order valence-corrected chi connectivity index (χ4v) is 10.9. The lowest BCUT2D eigenvalue weighted by molar-refractivity contribution is -0.218. The van der Waals surface area contributed by atoms with Gasteiger partial charge in [0.05, 0.1) is 0 Å². The Balaban J connectivity index is 1.63. The molecule has 200 valence electrons. The van der Waals surface area contributed by atoms with Crippen molar-refractivity contribution in [1.82, 2.24) is 0 Å². The number of carbonyl (C=O) groups excluding carboxylic acids is 2. The molecule has 0 saturated heterocycles. The van der Waals surface area contributed by atoms with Crippen molar-refractivity contribution in [1.29, 1.82) is 0 Å². The third-order valence-corrected chi connectivity index (χ3v) is 13.4. The molecule has 0 bridgehead atoms. The van der Waals surface area contributed by atoms with Crippen LogP contribution in [0.25, 0.3) is 0 Å². The summed E-state index contributed by atoms with van der Waals surface area (Å²) in [6.45, 7) is 16.4. The Kier molecular flexibility index (Phi) is 5.72. The molecular formula is C31H46O5. The van der Waals surface area contributed by atoms with E-state index in [0.717, 1.165) is 19.3 Å². The molecule has 0 aromatic heterocycles.